The number of carbonyl (C=O) groups is 1. The SMILES string of the molecule is CCn1c(SCC(=O)Nc2cccc(C(F)(F)F)c2)nnc1-c1ccccc1Br. The lowest BCUT2D eigenvalue weighted by Gasteiger charge is -2.10. The van der Waals surface area contributed by atoms with Gasteiger partial charge in [0.1, 0.15) is 0 Å². The fourth-order valence-electron chi connectivity index (χ4n) is 2.62. The Hall–Kier alpha value is -2.33. The van der Waals surface area contributed by atoms with Crippen LogP contribution < -0.4 is 5.32 Å². The molecule has 10 heteroatoms. The number of carbonyl (C=O) groups excluding carboxylic acids is 1. The van der Waals surface area contributed by atoms with Crippen LogP contribution in [0.4, 0.5) is 18.9 Å². The number of hydrogen-bond donors (Lipinski definition) is 1. The first-order valence-electron chi connectivity index (χ1n) is 8.57. The van der Waals surface area contributed by atoms with Crippen LogP contribution in [0.5, 0.6) is 0 Å². The Bertz CT molecular complexity index is 1020. The molecule has 152 valence electrons. The molecule has 1 amide bonds. The minimum Gasteiger partial charge on any atom is -0.325 e. The van der Waals surface area contributed by atoms with Gasteiger partial charge >= 0.3 is 6.18 Å². The van der Waals surface area contributed by atoms with E-state index in [0.29, 0.717) is 17.5 Å². The van der Waals surface area contributed by atoms with E-state index in [1.165, 1.54) is 23.9 Å². The molecular weight excluding hydrogens is 469 g/mol. The van der Waals surface area contributed by atoms with Crippen LogP contribution in [0.25, 0.3) is 11.4 Å². The molecule has 5 nitrogen and oxygen atoms in total. The minimum absolute atomic E-state index is 0.00959. The molecule has 29 heavy (non-hydrogen) atoms. The number of halogens is 4. The lowest BCUT2D eigenvalue weighted by molar-refractivity contribution is -0.137. The Morgan fingerprint density at radius 3 is 2.62 bits per heavy atom. The lowest BCUT2D eigenvalue weighted by Crippen LogP contribution is -2.15. The summed E-state index contributed by atoms with van der Waals surface area (Å²) >= 11 is 4.66. The number of nitrogens with one attached hydrogen (secondary N) is 1. The predicted molar refractivity (Wildman–Crippen MR) is 110 cm³/mol. The number of hydrogen-bond acceptors (Lipinski definition) is 4. The van der Waals surface area contributed by atoms with E-state index in [9.17, 15) is 18.0 Å². The average molecular weight is 485 g/mol. The van der Waals surface area contributed by atoms with Crippen LogP contribution >= 0.6 is 27.7 Å². The Morgan fingerprint density at radius 1 is 1.17 bits per heavy atom. The molecule has 0 aliphatic carbocycles. The van der Waals surface area contributed by atoms with Gasteiger partial charge in [0.05, 0.1) is 11.3 Å². The molecule has 1 N–H and O–H groups in total. The molecule has 0 atom stereocenters. The maximum Gasteiger partial charge on any atom is 0.416 e. The molecule has 0 spiro atoms. The molecule has 2 aromatic carbocycles. The summed E-state index contributed by atoms with van der Waals surface area (Å²) in [7, 11) is 0. The Kier molecular flexibility index (Phi) is 6.63. The summed E-state index contributed by atoms with van der Waals surface area (Å²) in [6.45, 7) is 2.54. The predicted octanol–water partition coefficient (Wildman–Crippen LogP) is 5.48. The van der Waals surface area contributed by atoms with Gasteiger partial charge in [-0.2, -0.15) is 13.2 Å². The van der Waals surface area contributed by atoms with E-state index in [1.807, 2.05) is 35.8 Å². The van der Waals surface area contributed by atoms with Crippen LogP contribution in [-0.4, -0.2) is 26.4 Å². The van der Waals surface area contributed by atoms with E-state index in [4.69, 9.17) is 0 Å². The lowest BCUT2D eigenvalue weighted by atomic mass is 10.2. The van der Waals surface area contributed by atoms with Gasteiger partial charge in [-0.15, -0.1) is 10.2 Å². The van der Waals surface area contributed by atoms with Crippen molar-refractivity contribution in [2.45, 2.75) is 24.8 Å². The monoisotopic (exact) mass is 484 g/mol. The van der Waals surface area contributed by atoms with E-state index in [2.05, 4.69) is 31.4 Å². The van der Waals surface area contributed by atoms with Gasteiger partial charge in [0.15, 0.2) is 11.0 Å². The highest BCUT2D eigenvalue weighted by Gasteiger charge is 2.30. The summed E-state index contributed by atoms with van der Waals surface area (Å²) < 4.78 is 41.1. The first-order valence-corrected chi connectivity index (χ1v) is 10.4. The van der Waals surface area contributed by atoms with Crippen molar-refractivity contribution in [1.29, 1.82) is 0 Å². The van der Waals surface area contributed by atoms with Crippen molar-refractivity contribution in [3.05, 3.63) is 58.6 Å². The molecular formula is C19H16BrF3N4OS. The maximum atomic E-state index is 12.8. The number of alkyl halides is 3. The van der Waals surface area contributed by atoms with Crippen LogP contribution in [0, 0.1) is 0 Å². The number of amides is 1. The highest BCUT2D eigenvalue weighted by Crippen LogP contribution is 2.31. The van der Waals surface area contributed by atoms with E-state index in [0.717, 1.165) is 22.2 Å². The smallest absolute Gasteiger partial charge is 0.325 e. The highest BCUT2D eigenvalue weighted by atomic mass is 79.9. The summed E-state index contributed by atoms with van der Waals surface area (Å²) in [6, 6.07) is 12.1. The molecule has 0 fully saturated rings. The summed E-state index contributed by atoms with van der Waals surface area (Å²) in [6.07, 6.45) is -4.46. The second kappa shape index (κ2) is 9.00. The Balaban J connectivity index is 1.69. The van der Waals surface area contributed by atoms with Crippen LogP contribution in [0.2, 0.25) is 0 Å². The van der Waals surface area contributed by atoms with Crippen molar-refractivity contribution in [3.63, 3.8) is 0 Å². The van der Waals surface area contributed by atoms with E-state index >= 15 is 0 Å². The van der Waals surface area contributed by atoms with Gasteiger partial charge in [-0.1, -0.05) is 52.0 Å². The molecule has 0 unspecified atom stereocenters. The molecule has 0 bridgehead atoms. The van der Waals surface area contributed by atoms with E-state index in [-0.39, 0.29) is 11.4 Å². The van der Waals surface area contributed by atoms with E-state index in [1.54, 1.807) is 0 Å². The van der Waals surface area contributed by atoms with Gasteiger partial charge in [0, 0.05) is 22.3 Å². The standard InChI is InChI=1S/C19H16BrF3N4OS/c1-2-27-17(14-8-3-4-9-15(14)20)25-26-18(27)29-11-16(28)24-13-7-5-6-12(10-13)19(21,22)23/h3-10H,2,11H2,1H3,(H,24,28). The van der Waals surface area contributed by atoms with Gasteiger partial charge in [0.25, 0.3) is 0 Å². The number of benzene rings is 2. The van der Waals surface area contributed by atoms with Crippen molar-refractivity contribution in [2.75, 3.05) is 11.1 Å². The summed E-state index contributed by atoms with van der Waals surface area (Å²) in [5.41, 5.74) is 0.158. The van der Waals surface area contributed by atoms with Gasteiger partial charge in [-0.25, -0.2) is 0 Å². The quantitative estimate of drug-likeness (QED) is 0.470. The van der Waals surface area contributed by atoms with Gasteiger partial charge in [0.2, 0.25) is 5.91 Å². The number of aromatic nitrogens is 3. The number of nitrogens with zero attached hydrogens (tertiary/aromatic N) is 3. The van der Waals surface area contributed by atoms with Crippen LogP contribution in [0.1, 0.15) is 12.5 Å². The summed E-state index contributed by atoms with van der Waals surface area (Å²) in [5, 5.41) is 11.4. The molecule has 1 heterocycles. The topological polar surface area (TPSA) is 59.8 Å². The zero-order valence-corrected chi connectivity index (χ0v) is 17.6. The second-order valence-electron chi connectivity index (χ2n) is 5.95. The molecule has 0 radical (unpaired) electrons. The van der Waals surface area contributed by atoms with Gasteiger partial charge < -0.3 is 9.88 Å². The van der Waals surface area contributed by atoms with Gasteiger partial charge in [-0.05, 0) is 31.2 Å². The van der Waals surface area contributed by atoms with Crippen LogP contribution in [-0.2, 0) is 17.5 Å². The molecule has 0 aliphatic heterocycles. The fourth-order valence-corrected chi connectivity index (χ4v) is 3.89. The largest absolute Gasteiger partial charge is 0.416 e. The van der Waals surface area contributed by atoms with Crippen molar-refractivity contribution in [1.82, 2.24) is 14.8 Å². The van der Waals surface area contributed by atoms with Crippen molar-refractivity contribution in [3.8, 4) is 11.4 Å². The second-order valence-corrected chi connectivity index (χ2v) is 7.74. The van der Waals surface area contributed by atoms with E-state index < -0.39 is 17.6 Å². The van der Waals surface area contributed by atoms with Gasteiger partial charge in [-0.3, -0.25) is 4.79 Å². The number of thioether (sulfide) groups is 1. The average Bonchev–Trinajstić information content (AvgIpc) is 3.09. The zero-order chi connectivity index (χ0) is 21.0. The van der Waals surface area contributed by atoms with Crippen molar-refractivity contribution < 1.29 is 18.0 Å². The zero-order valence-electron chi connectivity index (χ0n) is 15.2. The number of rotatable bonds is 6. The first kappa shape index (κ1) is 21.4. The first-order chi connectivity index (χ1) is 13.8. The number of anilines is 1. The highest BCUT2D eigenvalue weighted by molar-refractivity contribution is 9.10. The molecule has 3 aromatic rings. The normalized spacial score (nSPS) is 11.5. The Morgan fingerprint density at radius 2 is 1.93 bits per heavy atom. The third kappa shape index (κ3) is 5.18. The fraction of sp³-hybridized carbons (Fsp3) is 0.211. The maximum absolute atomic E-state index is 12.8. The third-order valence-corrected chi connectivity index (χ3v) is 5.61. The third-order valence-electron chi connectivity index (χ3n) is 3.95. The summed E-state index contributed by atoms with van der Waals surface area (Å²) in [5.74, 6) is 0.229. The van der Waals surface area contributed by atoms with Crippen LogP contribution in [0.15, 0.2) is 58.2 Å². The van der Waals surface area contributed by atoms with Crippen molar-refractivity contribution >= 4 is 39.3 Å². The molecule has 1 aromatic heterocycles. The molecule has 0 aliphatic rings. The molecule has 0 saturated carbocycles. The minimum atomic E-state index is -4.46. The van der Waals surface area contributed by atoms with Crippen molar-refractivity contribution in [2.24, 2.45) is 0 Å². The van der Waals surface area contributed by atoms with Crippen LogP contribution in [0.3, 0.4) is 0 Å². The molecule has 3 rings (SSSR count). The Labute approximate surface area is 177 Å². The summed E-state index contributed by atoms with van der Waals surface area (Å²) in [4.78, 5) is 12.2. The molecule has 0 saturated heterocycles.